The molecule has 0 radical (unpaired) electrons. The van der Waals surface area contributed by atoms with Crippen LogP contribution >= 0.6 is 11.6 Å². The number of halogens is 4. The number of rotatable bonds is 6. The Balaban J connectivity index is 1.70. The van der Waals surface area contributed by atoms with Gasteiger partial charge in [-0.15, -0.1) is 0 Å². The van der Waals surface area contributed by atoms with Crippen LogP contribution in [0.25, 0.3) is 0 Å². The summed E-state index contributed by atoms with van der Waals surface area (Å²) in [4.78, 5) is 11.3. The van der Waals surface area contributed by atoms with Crippen LogP contribution in [0.3, 0.4) is 0 Å². The Kier molecular flexibility index (Phi) is 6.36. The smallest absolute Gasteiger partial charge is 0.290 e. The fourth-order valence-corrected chi connectivity index (χ4v) is 4.91. The fraction of sp³-hybridized carbons (Fsp3) is 0.350. The number of fused-ring (bicyclic) bond motifs is 1. The van der Waals surface area contributed by atoms with Gasteiger partial charge in [0.15, 0.2) is 0 Å². The zero-order valence-electron chi connectivity index (χ0n) is 15.3. The Morgan fingerprint density at radius 3 is 2.48 bits per heavy atom. The van der Waals surface area contributed by atoms with Crippen molar-refractivity contribution in [1.29, 1.82) is 0 Å². The van der Waals surface area contributed by atoms with Crippen molar-refractivity contribution >= 4 is 27.4 Å². The van der Waals surface area contributed by atoms with Crippen molar-refractivity contribution in [2.75, 3.05) is 0 Å². The molecule has 1 aliphatic rings. The van der Waals surface area contributed by atoms with Crippen LogP contribution in [-0.4, -0.2) is 26.4 Å². The number of nitrogens with one attached hydrogen (secondary N) is 1. The van der Waals surface area contributed by atoms with Gasteiger partial charge in [-0.05, 0) is 66.6 Å². The molecule has 0 saturated carbocycles. The molecule has 0 saturated heterocycles. The molecule has 0 spiro atoms. The van der Waals surface area contributed by atoms with E-state index in [1.54, 1.807) is 12.1 Å². The van der Waals surface area contributed by atoms with E-state index >= 15 is 0 Å². The maximum Gasteiger partial charge on any atom is 0.449 e. The number of hydrogen-bond acceptors (Lipinski definition) is 3. The van der Waals surface area contributed by atoms with E-state index in [-0.39, 0.29) is 17.4 Å². The molecule has 1 atom stereocenters. The van der Waals surface area contributed by atoms with Crippen LogP contribution in [0.2, 0.25) is 5.02 Å². The number of benzene rings is 2. The number of hydrogen-bond donors (Lipinski definition) is 1. The van der Waals surface area contributed by atoms with Gasteiger partial charge in [-0.25, -0.2) is 13.1 Å². The SMILES string of the molecule is O=C(CCc1cccc2c1CC[C@H](NS(=O)(=O)c1ccc(Cl)cc1)C2)C(F)(F)F. The van der Waals surface area contributed by atoms with Crippen LogP contribution in [0.15, 0.2) is 47.4 Å². The van der Waals surface area contributed by atoms with Gasteiger partial charge in [0.1, 0.15) is 0 Å². The second-order valence-electron chi connectivity index (χ2n) is 6.99. The van der Waals surface area contributed by atoms with Crippen LogP contribution in [0, 0.1) is 0 Å². The summed E-state index contributed by atoms with van der Waals surface area (Å²) in [6.07, 6.45) is -3.91. The number of alkyl halides is 3. The summed E-state index contributed by atoms with van der Waals surface area (Å²) in [7, 11) is -3.71. The van der Waals surface area contributed by atoms with Crippen LogP contribution in [0.1, 0.15) is 29.5 Å². The summed E-state index contributed by atoms with van der Waals surface area (Å²) in [5.74, 6) is -1.74. The molecule has 1 N–H and O–H groups in total. The molecule has 0 heterocycles. The summed E-state index contributed by atoms with van der Waals surface area (Å²) in [5, 5.41) is 0.437. The molecule has 2 aromatic carbocycles. The second-order valence-corrected chi connectivity index (χ2v) is 9.14. The van der Waals surface area contributed by atoms with E-state index in [1.807, 2.05) is 6.07 Å². The third-order valence-electron chi connectivity index (χ3n) is 4.96. The standard InChI is InChI=1S/C20H19ClF3NO3S/c21-15-5-8-17(9-6-15)29(27,28)25-16-7-10-18-13(2-1-3-14(18)12-16)4-11-19(26)20(22,23)24/h1-3,5-6,8-9,16,25H,4,7,10-12H2/t16-/m0/s1. The van der Waals surface area contributed by atoms with E-state index < -0.39 is 28.4 Å². The molecule has 0 bridgehead atoms. The fourth-order valence-electron chi connectivity index (χ4n) is 3.51. The quantitative estimate of drug-likeness (QED) is 0.723. The summed E-state index contributed by atoms with van der Waals surface area (Å²) in [5.41, 5.74) is 2.50. The minimum absolute atomic E-state index is 0.0166. The summed E-state index contributed by atoms with van der Waals surface area (Å²) in [6, 6.07) is 10.8. The molecule has 156 valence electrons. The molecule has 3 rings (SSSR count). The van der Waals surface area contributed by atoms with E-state index in [9.17, 15) is 26.4 Å². The Bertz CT molecular complexity index is 1000. The highest BCUT2D eigenvalue weighted by molar-refractivity contribution is 7.89. The monoisotopic (exact) mass is 445 g/mol. The van der Waals surface area contributed by atoms with E-state index in [0.717, 1.165) is 11.1 Å². The van der Waals surface area contributed by atoms with Crippen LogP contribution < -0.4 is 4.72 Å². The Labute approximate surface area is 172 Å². The zero-order chi connectivity index (χ0) is 21.2. The van der Waals surface area contributed by atoms with Gasteiger partial charge in [0.05, 0.1) is 4.90 Å². The third-order valence-corrected chi connectivity index (χ3v) is 6.75. The number of aryl methyl sites for hydroxylation is 1. The van der Waals surface area contributed by atoms with Crippen molar-refractivity contribution in [3.05, 3.63) is 64.2 Å². The number of ketones is 1. The van der Waals surface area contributed by atoms with Gasteiger partial charge in [-0.1, -0.05) is 29.8 Å². The number of carbonyl (C=O) groups excluding carboxylic acids is 1. The lowest BCUT2D eigenvalue weighted by molar-refractivity contribution is -0.171. The highest BCUT2D eigenvalue weighted by Crippen LogP contribution is 2.28. The van der Waals surface area contributed by atoms with Crippen molar-refractivity contribution in [3.8, 4) is 0 Å². The maximum atomic E-state index is 12.6. The normalized spacial score (nSPS) is 17.0. The average molecular weight is 446 g/mol. The van der Waals surface area contributed by atoms with Gasteiger partial charge >= 0.3 is 6.18 Å². The first-order chi connectivity index (χ1) is 13.6. The molecule has 2 aromatic rings. The number of sulfonamides is 1. The van der Waals surface area contributed by atoms with E-state index in [4.69, 9.17) is 11.6 Å². The van der Waals surface area contributed by atoms with Crippen LogP contribution in [0.5, 0.6) is 0 Å². The summed E-state index contributed by atoms with van der Waals surface area (Å²) in [6.45, 7) is 0. The minimum atomic E-state index is -4.82. The Morgan fingerprint density at radius 2 is 1.83 bits per heavy atom. The highest BCUT2D eigenvalue weighted by Gasteiger charge is 2.37. The van der Waals surface area contributed by atoms with Crippen molar-refractivity contribution < 1.29 is 26.4 Å². The molecule has 0 fully saturated rings. The van der Waals surface area contributed by atoms with Gasteiger partial charge in [0.25, 0.3) is 0 Å². The molecular weight excluding hydrogens is 427 g/mol. The van der Waals surface area contributed by atoms with E-state index in [0.29, 0.717) is 29.8 Å². The van der Waals surface area contributed by atoms with Crippen molar-refractivity contribution in [1.82, 2.24) is 4.72 Å². The summed E-state index contributed by atoms with van der Waals surface area (Å²) < 4.78 is 65.1. The van der Waals surface area contributed by atoms with Crippen LogP contribution in [-0.2, 0) is 34.1 Å². The Morgan fingerprint density at radius 1 is 1.14 bits per heavy atom. The number of carbonyl (C=O) groups is 1. The van der Waals surface area contributed by atoms with Gasteiger partial charge < -0.3 is 0 Å². The molecule has 29 heavy (non-hydrogen) atoms. The predicted octanol–water partition coefficient (Wildman–Crippen LogP) is 4.24. The largest absolute Gasteiger partial charge is 0.449 e. The lowest BCUT2D eigenvalue weighted by Gasteiger charge is -2.27. The molecule has 0 unspecified atom stereocenters. The number of Topliss-reactive ketones (excluding diaryl/α,β-unsaturated/α-hetero) is 1. The van der Waals surface area contributed by atoms with Gasteiger partial charge in [0, 0.05) is 17.5 Å². The second kappa shape index (κ2) is 8.45. The van der Waals surface area contributed by atoms with E-state index in [2.05, 4.69) is 4.72 Å². The van der Waals surface area contributed by atoms with Gasteiger partial charge in [-0.2, -0.15) is 13.2 Å². The predicted molar refractivity (Wildman–Crippen MR) is 103 cm³/mol. The third kappa shape index (κ3) is 5.38. The molecule has 1 aliphatic carbocycles. The first-order valence-electron chi connectivity index (χ1n) is 9.04. The maximum absolute atomic E-state index is 12.6. The molecule has 0 aliphatic heterocycles. The van der Waals surface area contributed by atoms with Gasteiger partial charge in [-0.3, -0.25) is 4.79 Å². The molecule has 0 amide bonds. The van der Waals surface area contributed by atoms with Gasteiger partial charge in [0.2, 0.25) is 15.8 Å². The first-order valence-corrected chi connectivity index (χ1v) is 10.9. The topological polar surface area (TPSA) is 63.2 Å². The molecule has 4 nitrogen and oxygen atoms in total. The highest BCUT2D eigenvalue weighted by atomic mass is 35.5. The van der Waals surface area contributed by atoms with Crippen molar-refractivity contribution in [2.45, 2.75) is 49.2 Å². The van der Waals surface area contributed by atoms with Crippen molar-refractivity contribution in [2.24, 2.45) is 0 Å². The minimum Gasteiger partial charge on any atom is -0.290 e. The first kappa shape index (κ1) is 21.8. The lowest BCUT2D eigenvalue weighted by atomic mass is 9.84. The molecular formula is C20H19ClF3NO3S. The molecule has 9 heteroatoms. The lowest BCUT2D eigenvalue weighted by Crippen LogP contribution is -2.39. The van der Waals surface area contributed by atoms with Crippen molar-refractivity contribution in [3.63, 3.8) is 0 Å². The zero-order valence-corrected chi connectivity index (χ0v) is 16.9. The summed E-state index contributed by atoms with van der Waals surface area (Å²) >= 11 is 5.80. The molecule has 0 aromatic heterocycles. The average Bonchev–Trinajstić information content (AvgIpc) is 2.65. The Hall–Kier alpha value is -1.90. The van der Waals surface area contributed by atoms with E-state index in [1.165, 1.54) is 24.3 Å². The van der Waals surface area contributed by atoms with Crippen LogP contribution in [0.4, 0.5) is 13.2 Å².